The summed E-state index contributed by atoms with van der Waals surface area (Å²) in [4.78, 5) is 15.7. The lowest BCUT2D eigenvalue weighted by molar-refractivity contribution is 0.0696. The predicted octanol–water partition coefficient (Wildman–Crippen LogP) is 3.43. The lowest BCUT2D eigenvalue weighted by Crippen LogP contribution is -2.27. The van der Waals surface area contributed by atoms with Gasteiger partial charge >= 0.3 is 5.97 Å². The molecule has 4 nitrogen and oxygen atoms in total. The van der Waals surface area contributed by atoms with Gasteiger partial charge in [0.15, 0.2) is 0 Å². The third-order valence-corrected chi connectivity index (χ3v) is 4.98. The third kappa shape index (κ3) is 3.66. The average molecular weight is 294 g/mol. The molecule has 20 heavy (non-hydrogen) atoms. The Bertz CT molecular complexity index is 479. The zero-order valence-corrected chi connectivity index (χ0v) is 12.9. The normalized spacial score (nSPS) is 21.9. The van der Waals surface area contributed by atoms with Gasteiger partial charge in [0.2, 0.25) is 0 Å². The largest absolute Gasteiger partial charge is 0.478 e. The van der Waals surface area contributed by atoms with Gasteiger partial charge in [-0.1, -0.05) is 20.3 Å². The van der Waals surface area contributed by atoms with Gasteiger partial charge in [-0.15, -0.1) is 0 Å². The van der Waals surface area contributed by atoms with Gasteiger partial charge in [-0.2, -0.15) is 11.8 Å². The van der Waals surface area contributed by atoms with Crippen LogP contribution in [0.25, 0.3) is 0 Å². The fraction of sp³-hybridized carbons (Fsp3) is 0.600. The summed E-state index contributed by atoms with van der Waals surface area (Å²) < 4.78 is 0. The fourth-order valence-corrected chi connectivity index (χ4v) is 3.86. The number of hydrogen-bond acceptors (Lipinski definition) is 4. The molecule has 1 aliphatic carbocycles. The van der Waals surface area contributed by atoms with Gasteiger partial charge in [-0.3, -0.25) is 0 Å². The van der Waals surface area contributed by atoms with Gasteiger partial charge in [0.05, 0.1) is 5.56 Å². The maximum Gasteiger partial charge on any atom is 0.335 e. The van der Waals surface area contributed by atoms with Crippen LogP contribution in [0.4, 0.5) is 5.82 Å². The summed E-state index contributed by atoms with van der Waals surface area (Å²) in [6.45, 7) is 4.17. The minimum Gasteiger partial charge on any atom is -0.478 e. The Morgan fingerprint density at radius 2 is 2.25 bits per heavy atom. The van der Waals surface area contributed by atoms with Crippen molar-refractivity contribution in [2.45, 2.75) is 50.8 Å². The number of anilines is 1. The summed E-state index contributed by atoms with van der Waals surface area (Å²) in [5.41, 5.74) is 1.14. The second-order valence-electron chi connectivity index (χ2n) is 5.07. The second-order valence-corrected chi connectivity index (χ2v) is 6.58. The van der Waals surface area contributed by atoms with Crippen molar-refractivity contribution in [1.82, 2.24) is 4.98 Å². The summed E-state index contributed by atoms with van der Waals surface area (Å²) in [5.74, 6) is 0.928. The van der Waals surface area contributed by atoms with E-state index in [0.29, 0.717) is 22.7 Å². The number of hydrogen-bond donors (Lipinski definition) is 2. The van der Waals surface area contributed by atoms with E-state index >= 15 is 0 Å². The zero-order chi connectivity index (χ0) is 14.5. The quantitative estimate of drug-likeness (QED) is 0.841. The molecule has 1 aromatic rings. The number of nitrogens with zero attached hydrogens (tertiary/aromatic N) is 1. The van der Waals surface area contributed by atoms with E-state index < -0.39 is 5.97 Å². The van der Waals surface area contributed by atoms with E-state index in [0.717, 1.165) is 24.3 Å². The Morgan fingerprint density at radius 1 is 1.45 bits per heavy atom. The maximum absolute atomic E-state index is 11.2. The standard InChI is InChI=1S/C15H22N2O2S/c1-3-11-8-10(15(18)19)9-14(16-11)17-12-6-5-7-13(12)20-4-2/h8-9,12-13H,3-7H2,1-2H3,(H,16,17)(H,18,19). The number of aromatic carboxylic acids is 1. The first-order valence-electron chi connectivity index (χ1n) is 7.26. The lowest BCUT2D eigenvalue weighted by atomic mass is 10.2. The van der Waals surface area contributed by atoms with Gasteiger partial charge < -0.3 is 10.4 Å². The second kappa shape index (κ2) is 6.97. The third-order valence-electron chi connectivity index (χ3n) is 3.65. The Morgan fingerprint density at radius 3 is 2.90 bits per heavy atom. The Hall–Kier alpha value is -1.23. The van der Waals surface area contributed by atoms with E-state index in [1.54, 1.807) is 12.1 Å². The summed E-state index contributed by atoms with van der Waals surface area (Å²) in [6, 6.07) is 3.70. The van der Waals surface area contributed by atoms with Crippen molar-refractivity contribution in [3.63, 3.8) is 0 Å². The first-order chi connectivity index (χ1) is 9.63. The van der Waals surface area contributed by atoms with Crippen LogP contribution in [0.15, 0.2) is 12.1 Å². The van der Waals surface area contributed by atoms with Crippen molar-refractivity contribution < 1.29 is 9.90 Å². The Labute approximate surface area is 124 Å². The molecule has 2 unspecified atom stereocenters. The van der Waals surface area contributed by atoms with E-state index in [2.05, 4.69) is 17.2 Å². The van der Waals surface area contributed by atoms with Crippen LogP contribution in [-0.4, -0.2) is 33.1 Å². The van der Waals surface area contributed by atoms with E-state index in [-0.39, 0.29) is 0 Å². The van der Waals surface area contributed by atoms with Gasteiger partial charge in [0.1, 0.15) is 5.82 Å². The van der Waals surface area contributed by atoms with Gasteiger partial charge in [-0.25, -0.2) is 9.78 Å². The number of rotatable bonds is 6. The highest BCUT2D eigenvalue weighted by molar-refractivity contribution is 7.99. The first-order valence-corrected chi connectivity index (χ1v) is 8.31. The SMILES string of the molecule is CCSC1CCCC1Nc1cc(C(=O)O)cc(CC)n1. The number of carboxylic acids is 1. The number of carbonyl (C=O) groups is 1. The molecule has 2 N–H and O–H groups in total. The number of carboxylic acid groups (broad SMARTS) is 1. The molecule has 2 rings (SSSR count). The maximum atomic E-state index is 11.2. The summed E-state index contributed by atoms with van der Waals surface area (Å²) >= 11 is 1.98. The van der Waals surface area contributed by atoms with E-state index in [1.165, 1.54) is 12.8 Å². The molecule has 1 fully saturated rings. The van der Waals surface area contributed by atoms with Crippen molar-refractivity contribution in [3.8, 4) is 0 Å². The molecule has 1 heterocycles. The van der Waals surface area contributed by atoms with Gasteiger partial charge in [0, 0.05) is 17.0 Å². The number of nitrogens with one attached hydrogen (secondary N) is 1. The highest BCUT2D eigenvalue weighted by atomic mass is 32.2. The molecular weight excluding hydrogens is 272 g/mol. The molecule has 0 saturated heterocycles. The molecule has 1 saturated carbocycles. The minimum atomic E-state index is -0.893. The van der Waals surface area contributed by atoms with Crippen LogP contribution in [-0.2, 0) is 6.42 Å². The molecule has 0 aromatic carbocycles. The van der Waals surface area contributed by atoms with Crippen molar-refractivity contribution in [3.05, 3.63) is 23.4 Å². The van der Waals surface area contributed by atoms with Crippen molar-refractivity contribution in [2.24, 2.45) is 0 Å². The van der Waals surface area contributed by atoms with Crippen LogP contribution in [0.1, 0.15) is 49.2 Å². The van der Waals surface area contributed by atoms with Gasteiger partial charge in [0.25, 0.3) is 0 Å². The molecule has 0 radical (unpaired) electrons. The van der Waals surface area contributed by atoms with Crippen LogP contribution in [0.3, 0.4) is 0 Å². The smallest absolute Gasteiger partial charge is 0.335 e. The van der Waals surface area contributed by atoms with Crippen LogP contribution in [0, 0.1) is 0 Å². The predicted molar refractivity (Wildman–Crippen MR) is 83.8 cm³/mol. The molecular formula is C15H22N2O2S. The van der Waals surface area contributed by atoms with Crippen molar-refractivity contribution in [2.75, 3.05) is 11.1 Å². The average Bonchev–Trinajstić information content (AvgIpc) is 2.86. The van der Waals surface area contributed by atoms with Crippen LogP contribution in [0.2, 0.25) is 0 Å². The Kier molecular flexibility index (Phi) is 5.29. The minimum absolute atomic E-state index is 0.317. The molecule has 110 valence electrons. The molecule has 5 heteroatoms. The number of aryl methyl sites for hydroxylation is 1. The summed E-state index contributed by atoms with van der Waals surface area (Å²) in [6.07, 6.45) is 4.34. The highest BCUT2D eigenvalue weighted by Gasteiger charge is 2.27. The highest BCUT2D eigenvalue weighted by Crippen LogP contribution is 2.32. The molecule has 2 atom stereocenters. The van der Waals surface area contributed by atoms with Crippen LogP contribution in [0.5, 0.6) is 0 Å². The molecule has 0 spiro atoms. The topological polar surface area (TPSA) is 62.2 Å². The van der Waals surface area contributed by atoms with E-state index in [9.17, 15) is 4.79 Å². The molecule has 1 aliphatic rings. The van der Waals surface area contributed by atoms with Crippen molar-refractivity contribution >= 4 is 23.5 Å². The monoisotopic (exact) mass is 294 g/mol. The van der Waals surface area contributed by atoms with E-state index in [1.807, 2.05) is 18.7 Å². The van der Waals surface area contributed by atoms with Gasteiger partial charge in [-0.05, 0) is 37.1 Å². The lowest BCUT2D eigenvalue weighted by Gasteiger charge is -2.21. The first kappa shape index (κ1) is 15.2. The van der Waals surface area contributed by atoms with E-state index in [4.69, 9.17) is 5.11 Å². The molecule has 1 aromatic heterocycles. The van der Waals surface area contributed by atoms with Crippen LogP contribution >= 0.6 is 11.8 Å². The number of thioether (sulfide) groups is 1. The summed E-state index contributed by atoms with van der Waals surface area (Å²) in [5, 5.41) is 13.2. The molecule has 0 bridgehead atoms. The summed E-state index contributed by atoms with van der Waals surface area (Å²) in [7, 11) is 0. The molecule has 0 amide bonds. The number of aromatic nitrogens is 1. The van der Waals surface area contributed by atoms with Crippen LogP contribution < -0.4 is 5.32 Å². The zero-order valence-electron chi connectivity index (χ0n) is 12.1. The van der Waals surface area contributed by atoms with Crippen molar-refractivity contribution in [1.29, 1.82) is 0 Å². The molecule has 0 aliphatic heterocycles. The number of pyridine rings is 1. The Balaban J connectivity index is 2.15. The fourth-order valence-electron chi connectivity index (χ4n) is 2.66.